The summed E-state index contributed by atoms with van der Waals surface area (Å²) in [5.41, 5.74) is 0.766. The van der Waals surface area contributed by atoms with E-state index in [1.54, 1.807) is 4.90 Å². The Morgan fingerprint density at radius 3 is 2.29 bits per heavy atom. The molecule has 2 heterocycles. The summed E-state index contributed by atoms with van der Waals surface area (Å²) < 4.78 is 17.1. The number of hydrogen-bond donors (Lipinski definition) is 0. The average molecular weight is 390 g/mol. The molecule has 1 aromatic rings. The molecule has 28 heavy (non-hydrogen) atoms. The Bertz CT molecular complexity index is 673. The fourth-order valence-electron chi connectivity index (χ4n) is 3.69. The number of ether oxygens (including phenoxy) is 3. The molecule has 0 saturated carbocycles. The first-order valence-electron chi connectivity index (χ1n) is 9.99. The van der Waals surface area contributed by atoms with Gasteiger partial charge in [0.15, 0.2) is 5.79 Å². The van der Waals surface area contributed by atoms with Crippen molar-refractivity contribution in [3.8, 4) is 5.75 Å². The SMILES string of the molecule is CC(=O)N(CCC(=O)N1CCC2(CC1)OCCO2)c1ccc(OC(C)C)cc1. The van der Waals surface area contributed by atoms with Gasteiger partial charge in [0.05, 0.1) is 19.3 Å². The first-order chi connectivity index (χ1) is 13.4. The third-order valence-electron chi connectivity index (χ3n) is 5.14. The molecule has 0 radical (unpaired) electrons. The van der Waals surface area contributed by atoms with E-state index in [0.29, 0.717) is 52.1 Å². The van der Waals surface area contributed by atoms with Crippen LogP contribution in [0.5, 0.6) is 5.75 Å². The summed E-state index contributed by atoms with van der Waals surface area (Å²) in [6.07, 6.45) is 1.79. The smallest absolute Gasteiger partial charge is 0.224 e. The molecule has 2 aliphatic rings. The zero-order chi connectivity index (χ0) is 20.1. The van der Waals surface area contributed by atoms with Crippen LogP contribution in [0.15, 0.2) is 24.3 Å². The van der Waals surface area contributed by atoms with E-state index in [0.717, 1.165) is 11.4 Å². The molecule has 154 valence electrons. The second kappa shape index (κ2) is 8.92. The van der Waals surface area contributed by atoms with Gasteiger partial charge in [-0.1, -0.05) is 0 Å². The van der Waals surface area contributed by atoms with Crippen molar-refractivity contribution in [2.24, 2.45) is 0 Å². The molecule has 7 heteroatoms. The summed E-state index contributed by atoms with van der Waals surface area (Å²) in [5.74, 6) is 0.244. The summed E-state index contributed by atoms with van der Waals surface area (Å²) >= 11 is 0. The van der Waals surface area contributed by atoms with E-state index in [2.05, 4.69) is 0 Å². The van der Waals surface area contributed by atoms with Crippen molar-refractivity contribution in [3.63, 3.8) is 0 Å². The molecule has 1 spiro atoms. The minimum absolute atomic E-state index is 0.0545. The number of carbonyl (C=O) groups is 2. The van der Waals surface area contributed by atoms with Gasteiger partial charge in [-0.05, 0) is 38.1 Å². The molecular formula is C21H30N2O5. The highest BCUT2D eigenvalue weighted by Gasteiger charge is 2.40. The molecule has 2 amide bonds. The Kier molecular flexibility index (Phi) is 6.57. The third-order valence-corrected chi connectivity index (χ3v) is 5.14. The summed E-state index contributed by atoms with van der Waals surface area (Å²) in [6, 6.07) is 7.39. The van der Waals surface area contributed by atoms with E-state index in [9.17, 15) is 9.59 Å². The minimum atomic E-state index is -0.484. The zero-order valence-corrected chi connectivity index (χ0v) is 17.0. The molecule has 0 unspecified atom stereocenters. The number of benzene rings is 1. The van der Waals surface area contributed by atoms with E-state index in [4.69, 9.17) is 14.2 Å². The van der Waals surface area contributed by atoms with Gasteiger partial charge in [-0.2, -0.15) is 0 Å². The molecule has 0 atom stereocenters. The van der Waals surface area contributed by atoms with Gasteiger partial charge in [-0.3, -0.25) is 9.59 Å². The predicted octanol–water partition coefficient (Wildman–Crippen LogP) is 2.58. The normalized spacial score (nSPS) is 18.5. The van der Waals surface area contributed by atoms with Gasteiger partial charge in [0.2, 0.25) is 11.8 Å². The number of nitrogens with zero attached hydrogens (tertiary/aromatic N) is 2. The van der Waals surface area contributed by atoms with E-state index in [1.807, 2.05) is 43.0 Å². The molecule has 0 N–H and O–H groups in total. The highest BCUT2D eigenvalue weighted by molar-refractivity contribution is 5.92. The summed E-state index contributed by atoms with van der Waals surface area (Å²) in [5, 5.41) is 0. The molecule has 2 aliphatic heterocycles. The molecule has 0 aliphatic carbocycles. The van der Waals surface area contributed by atoms with E-state index >= 15 is 0 Å². The van der Waals surface area contributed by atoms with Gasteiger partial charge < -0.3 is 24.0 Å². The van der Waals surface area contributed by atoms with Gasteiger partial charge in [-0.15, -0.1) is 0 Å². The van der Waals surface area contributed by atoms with Crippen LogP contribution in [0.3, 0.4) is 0 Å². The average Bonchev–Trinajstić information content (AvgIpc) is 3.11. The fraction of sp³-hybridized carbons (Fsp3) is 0.619. The molecule has 2 saturated heterocycles. The van der Waals surface area contributed by atoms with Crippen molar-refractivity contribution >= 4 is 17.5 Å². The first-order valence-corrected chi connectivity index (χ1v) is 9.99. The highest BCUT2D eigenvalue weighted by Crippen LogP contribution is 2.31. The van der Waals surface area contributed by atoms with Crippen molar-refractivity contribution in [2.75, 3.05) is 37.7 Å². The largest absolute Gasteiger partial charge is 0.491 e. The predicted molar refractivity (Wildman–Crippen MR) is 105 cm³/mol. The molecule has 0 aromatic heterocycles. The molecule has 3 rings (SSSR count). The first kappa shape index (κ1) is 20.6. The van der Waals surface area contributed by atoms with Crippen molar-refractivity contribution in [3.05, 3.63) is 24.3 Å². The maximum atomic E-state index is 12.6. The van der Waals surface area contributed by atoms with E-state index in [-0.39, 0.29) is 17.9 Å². The Morgan fingerprint density at radius 1 is 1.14 bits per heavy atom. The lowest BCUT2D eigenvalue weighted by molar-refractivity contribution is -0.187. The Morgan fingerprint density at radius 2 is 1.75 bits per heavy atom. The molecule has 7 nitrogen and oxygen atoms in total. The fourth-order valence-corrected chi connectivity index (χ4v) is 3.69. The number of carbonyl (C=O) groups excluding carboxylic acids is 2. The quantitative estimate of drug-likeness (QED) is 0.747. The summed E-state index contributed by atoms with van der Waals surface area (Å²) in [4.78, 5) is 28.2. The molecule has 0 bridgehead atoms. The monoisotopic (exact) mass is 390 g/mol. The number of rotatable bonds is 6. The van der Waals surface area contributed by atoms with Gasteiger partial charge in [-0.25, -0.2) is 0 Å². The Hall–Kier alpha value is -2.12. The van der Waals surface area contributed by atoms with Crippen molar-refractivity contribution in [2.45, 2.75) is 51.9 Å². The van der Waals surface area contributed by atoms with Gasteiger partial charge in [0.25, 0.3) is 0 Å². The van der Waals surface area contributed by atoms with E-state index in [1.165, 1.54) is 6.92 Å². The molecule has 2 fully saturated rings. The third kappa shape index (κ3) is 5.02. The Balaban J connectivity index is 1.53. The molecular weight excluding hydrogens is 360 g/mol. The number of piperidine rings is 1. The van der Waals surface area contributed by atoms with Crippen LogP contribution in [0.2, 0.25) is 0 Å². The van der Waals surface area contributed by atoms with Crippen LogP contribution >= 0.6 is 0 Å². The Labute approximate surface area is 166 Å². The van der Waals surface area contributed by atoms with Crippen LogP contribution in [0.1, 0.15) is 40.0 Å². The summed E-state index contributed by atoms with van der Waals surface area (Å²) in [6.45, 7) is 8.31. The van der Waals surface area contributed by atoms with E-state index < -0.39 is 5.79 Å². The van der Waals surface area contributed by atoms with Crippen molar-refractivity contribution in [1.29, 1.82) is 0 Å². The summed E-state index contributed by atoms with van der Waals surface area (Å²) in [7, 11) is 0. The lowest BCUT2D eigenvalue weighted by Gasteiger charge is -2.37. The zero-order valence-electron chi connectivity index (χ0n) is 17.0. The topological polar surface area (TPSA) is 68.3 Å². The standard InChI is InChI=1S/C21H30N2O5/c1-16(2)28-19-6-4-18(5-7-19)23(17(3)24)11-8-20(25)22-12-9-21(10-13-22)26-14-15-27-21/h4-7,16H,8-15H2,1-3H3. The number of hydrogen-bond acceptors (Lipinski definition) is 5. The molecule has 1 aromatic carbocycles. The number of anilines is 1. The second-order valence-electron chi connectivity index (χ2n) is 7.57. The minimum Gasteiger partial charge on any atom is -0.491 e. The lowest BCUT2D eigenvalue weighted by Crippen LogP contribution is -2.48. The van der Waals surface area contributed by atoms with Crippen LogP contribution in [0.4, 0.5) is 5.69 Å². The maximum Gasteiger partial charge on any atom is 0.224 e. The van der Waals surface area contributed by atoms with Crippen LogP contribution in [-0.4, -0.2) is 61.5 Å². The maximum absolute atomic E-state index is 12.6. The lowest BCUT2D eigenvalue weighted by atomic mass is 10.0. The highest BCUT2D eigenvalue weighted by atomic mass is 16.7. The van der Waals surface area contributed by atoms with Crippen LogP contribution in [-0.2, 0) is 19.1 Å². The van der Waals surface area contributed by atoms with Gasteiger partial charge >= 0.3 is 0 Å². The van der Waals surface area contributed by atoms with Crippen molar-refractivity contribution < 1.29 is 23.8 Å². The van der Waals surface area contributed by atoms with Crippen LogP contribution < -0.4 is 9.64 Å². The van der Waals surface area contributed by atoms with Gasteiger partial charge in [0.1, 0.15) is 5.75 Å². The van der Waals surface area contributed by atoms with Crippen LogP contribution in [0, 0.1) is 0 Å². The number of amides is 2. The number of likely N-dealkylation sites (tertiary alicyclic amines) is 1. The van der Waals surface area contributed by atoms with Crippen LogP contribution in [0.25, 0.3) is 0 Å². The van der Waals surface area contributed by atoms with Gasteiger partial charge in [0, 0.05) is 51.5 Å². The van der Waals surface area contributed by atoms with Crippen molar-refractivity contribution in [1.82, 2.24) is 4.90 Å². The second-order valence-corrected chi connectivity index (χ2v) is 7.57.